The monoisotopic (exact) mass is 365 g/mol. The average molecular weight is 365 g/mol. The number of amides is 2. The van der Waals surface area contributed by atoms with Crippen molar-refractivity contribution in [2.45, 2.75) is 31.7 Å². The van der Waals surface area contributed by atoms with E-state index in [0.717, 1.165) is 42.4 Å². The van der Waals surface area contributed by atoms with Crippen LogP contribution in [-0.4, -0.2) is 38.4 Å². The lowest BCUT2D eigenvalue weighted by atomic mass is 10.00. The number of rotatable bonds is 4. The third kappa shape index (κ3) is 3.44. The van der Waals surface area contributed by atoms with Gasteiger partial charge in [0, 0.05) is 50.9 Å². The van der Waals surface area contributed by atoms with Crippen molar-refractivity contribution < 1.29 is 4.79 Å². The van der Waals surface area contributed by atoms with Crippen molar-refractivity contribution in [3.63, 3.8) is 0 Å². The molecule has 6 heteroatoms. The Morgan fingerprint density at radius 3 is 2.85 bits per heavy atom. The summed E-state index contributed by atoms with van der Waals surface area (Å²) >= 11 is 0. The molecule has 1 aliphatic heterocycles. The number of aromatic nitrogens is 3. The number of likely N-dealkylation sites (tertiary alicyclic amines) is 1. The van der Waals surface area contributed by atoms with Crippen molar-refractivity contribution in [3.05, 3.63) is 54.0 Å². The fourth-order valence-electron chi connectivity index (χ4n) is 4.17. The van der Waals surface area contributed by atoms with Crippen molar-refractivity contribution in [3.8, 4) is 0 Å². The molecule has 2 aromatic heterocycles. The largest absolute Gasteiger partial charge is 0.353 e. The molecule has 0 saturated carbocycles. The van der Waals surface area contributed by atoms with Crippen molar-refractivity contribution in [2.24, 2.45) is 14.1 Å². The number of piperidine rings is 1. The smallest absolute Gasteiger partial charge is 0.317 e. The summed E-state index contributed by atoms with van der Waals surface area (Å²) in [5.41, 5.74) is 3.37. The molecule has 0 bridgehead atoms. The van der Waals surface area contributed by atoms with E-state index >= 15 is 0 Å². The van der Waals surface area contributed by atoms with Crippen LogP contribution in [0.5, 0.6) is 0 Å². The highest BCUT2D eigenvalue weighted by Crippen LogP contribution is 2.30. The molecule has 3 aromatic rings. The van der Waals surface area contributed by atoms with E-state index in [0.29, 0.717) is 6.54 Å². The fourth-order valence-corrected chi connectivity index (χ4v) is 4.17. The van der Waals surface area contributed by atoms with Gasteiger partial charge in [0.05, 0.1) is 17.3 Å². The van der Waals surface area contributed by atoms with Gasteiger partial charge in [-0.2, -0.15) is 5.10 Å². The van der Waals surface area contributed by atoms with Gasteiger partial charge in [0.1, 0.15) is 0 Å². The van der Waals surface area contributed by atoms with Crippen LogP contribution in [0, 0.1) is 0 Å². The summed E-state index contributed by atoms with van der Waals surface area (Å²) < 4.78 is 4.03. The maximum Gasteiger partial charge on any atom is 0.317 e. The second-order valence-electron chi connectivity index (χ2n) is 7.32. The van der Waals surface area contributed by atoms with Crippen LogP contribution in [0.4, 0.5) is 4.79 Å². The summed E-state index contributed by atoms with van der Waals surface area (Å²) in [5, 5.41) is 8.89. The van der Waals surface area contributed by atoms with Gasteiger partial charge < -0.3 is 14.8 Å². The van der Waals surface area contributed by atoms with E-state index in [-0.39, 0.29) is 12.1 Å². The van der Waals surface area contributed by atoms with Crippen molar-refractivity contribution >= 4 is 16.9 Å². The van der Waals surface area contributed by atoms with Crippen molar-refractivity contribution in [1.29, 1.82) is 0 Å². The van der Waals surface area contributed by atoms with Crippen molar-refractivity contribution in [2.75, 3.05) is 13.1 Å². The van der Waals surface area contributed by atoms with E-state index in [1.54, 1.807) is 0 Å². The predicted octanol–water partition coefficient (Wildman–Crippen LogP) is 3.39. The molecule has 1 fully saturated rings. The molecule has 0 aliphatic carbocycles. The molecule has 1 unspecified atom stereocenters. The lowest BCUT2D eigenvalue weighted by Gasteiger charge is -2.36. The van der Waals surface area contributed by atoms with Crippen LogP contribution < -0.4 is 5.32 Å². The molecule has 4 rings (SSSR count). The Morgan fingerprint density at radius 1 is 1.19 bits per heavy atom. The number of carbonyl (C=O) groups is 1. The molecule has 0 radical (unpaired) electrons. The SMILES string of the molecule is Cn1cccc1C1CCCCN1C(=O)NCCc1nn(C)c2ccccc12. The number of carbonyl (C=O) groups excluding carboxylic acids is 1. The summed E-state index contributed by atoms with van der Waals surface area (Å²) in [6.07, 6.45) is 6.04. The third-order valence-electron chi connectivity index (χ3n) is 5.56. The number of hydrogen-bond donors (Lipinski definition) is 1. The van der Waals surface area contributed by atoms with Gasteiger partial charge in [0.15, 0.2) is 0 Å². The number of urea groups is 1. The second kappa shape index (κ2) is 7.47. The topological polar surface area (TPSA) is 55.1 Å². The Hall–Kier alpha value is -2.76. The molecule has 1 aromatic carbocycles. The van der Waals surface area contributed by atoms with Crippen LogP contribution >= 0.6 is 0 Å². The van der Waals surface area contributed by atoms with Gasteiger partial charge in [0.25, 0.3) is 0 Å². The van der Waals surface area contributed by atoms with Gasteiger partial charge in [0.2, 0.25) is 0 Å². The molecule has 1 atom stereocenters. The number of fused-ring (bicyclic) bond motifs is 1. The fraction of sp³-hybridized carbons (Fsp3) is 0.429. The van der Waals surface area contributed by atoms with Crippen LogP contribution in [-0.2, 0) is 20.5 Å². The maximum atomic E-state index is 12.9. The molecular weight excluding hydrogens is 338 g/mol. The summed E-state index contributed by atoms with van der Waals surface area (Å²) in [6.45, 7) is 1.41. The number of aryl methyl sites for hydroxylation is 2. The van der Waals surface area contributed by atoms with Gasteiger partial charge >= 0.3 is 6.03 Å². The summed E-state index contributed by atoms with van der Waals surface area (Å²) in [5.74, 6) is 0. The Kier molecular flexibility index (Phi) is 4.88. The minimum absolute atomic E-state index is 0.0288. The van der Waals surface area contributed by atoms with E-state index in [1.165, 1.54) is 12.1 Å². The zero-order valence-electron chi connectivity index (χ0n) is 16.1. The first kappa shape index (κ1) is 17.6. The van der Waals surface area contributed by atoms with E-state index in [1.807, 2.05) is 48.1 Å². The van der Waals surface area contributed by atoms with Gasteiger partial charge in [-0.1, -0.05) is 18.2 Å². The Labute approximate surface area is 159 Å². The molecular formula is C21H27N5O. The maximum absolute atomic E-state index is 12.9. The van der Waals surface area contributed by atoms with Gasteiger partial charge in [-0.05, 0) is 37.5 Å². The third-order valence-corrected chi connectivity index (χ3v) is 5.56. The molecule has 1 aliphatic rings. The van der Waals surface area contributed by atoms with Crippen LogP contribution in [0.3, 0.4) is 0 Å². The molecule has 6 nitrogen and oxygen atoms in total. The molecule has 1 saturated heterocycles. The van der Waals surface area contributed by atoms with Gasteiger partial charge in [-0.15, -0.1) is 0 Å². The first-order chi connectivity index (χ1) is 13.1. The molecule has 0 spiro atoms. The van der Waals surface area contributed by atoms with Gasteiger partial charge in [-0.25, -0.2) is 4.79 Å². The highest BCUT2D eigenvalue weighted by atomic mass is 16.2. The quantitative estimate of drug-likeness (QED) is 0.770. The molecule has 1 N–H and O–H groups in total. The number of benzene rings is 1. The summed E-state index contributed by atoms with van der Waals surface area (Å²) in [4.78, 5) is 14.8. The lowest BCUT2D eigenvalue weighted by molar-refractivity contribution is 0.148. The zero-order chi connectivity index (χ0) is 18.8. The average Bonchev–Trinajstić information content (AvgIpc) is 3.25. The Balaban J connectivity index is 1.41. The summed E-state index contributed by atoms with van der Waals surface area (Å²) in [7, 11) is 4.01. The van der Waals surface area contributed by atoms with E-state index in [2.05, 4.69) is 33.2 Å². The highest BCUT2D eigenvalue weighted by Gasteiger charge is 2.29. The minimum atomic E-state index is 0.0288. The van der Waals surface area contributed by atoms with Crippen LogP contribution in [0.2, 0.25) is 0 Å². The second-order valence-corrected chi connectivity index (χ2v) is 7.32. The molecule has 142 valence electrons. The summed E-state index contributed by atoms with van der Waals surface area (Å²) in [6, 6.07) is 12.6. The first-order valence-corrected chi connectivity index (χ1v) is 9.71. The van der Waals surface area contributed by atoms with E-state index < -0.39 is 0 Å². The number of para-hydroxylation sites is 1. The molecule has 3 heterocycles. The van der Waals surface area contributed by atoms with Crippen LogP contribution in [0.15, 0.2) is 42.6 Å². The predicted molar refractivity (Wildman–Crippen MR) is 107 cm³/mol. The number of hydrogen-bond acceptors (Lipinski definition) is 2. The molecule has 27 heavy (non-hydrogen) atoms. The lowest BCUT2D eigenvalue weighted by Crippen LogP contribution is -2.45. The molecule has 2 amide bonds. The first-order valence-electron chi connectivity index (χ1n) is 9.71. The number of nitrogens with zero attached hydrogens (tertiary/aromatic N) is 4. The zero-order valence-corrected chi connectivity index (χ0v) is 16.1. The highest BCUT2D eigenvalue weighted by molar-refractivity contribution is 5.82. The minimum Gasteiger partial charge on any atom is -0.353 e. The number of nitrogens with one attached hydrogen (secondary N) is 1. The normalized spacial score (nSPS) is 17.4. The van der Waals surface area contributed by atoms with Crippen molar-refractivity contribution in [1.82, 2.24) is 24.6 Å². The van der Waals surface area contributed by atoms with E-state index in [4.69, 9.17) is 0 Å². The van der Waals surface area contributed by atoms with Crippen LogP contribution in [0.1, 0.15) is 36.7 Å². The van der Waals surface area contributed by atoms with Crippen LogP contribution in [0.25, 0.3) is 10.9 Å². The Morgan fingerprint density at radius 2 is 2.04 bits per heavy atom. The standard InChI is InChI=1S/C21H27N5O/c1-24-14-7-11-19(24)20-10-5-6-15-26(20)21(27)22-13-12-17-16-8-3-4-9-18(16)25(2)23-17/h3-4,7-9,11,14,20H,5-6,10,12-13,15H2,1-2H3,(H,22,27). The Bertz CT molecular complexity index is 941. The van der Waals surface area contributed by atoms with E-state index in [9.17, 15) is 4.79 Å². The van der Waals surface area contributed by atoms with Gasteiger partial charge in [-0.3, -0.25) is 4.68 Å².